The van der Waals surface area contributed by atoms with Crippen molar-refractivity contribution >= 4 is 33.1 Å². The second kappa shape index (κ2) is 8.51. The molecule has 0 fully saturated rings. The van der Waals surface area contributed by atoms with E-state index in [9.17, 15) is 0 Å². The average Bonchev–Trinajstić information content (AvgIpc) is 2.90. The highest BCUT2D eigenvalue weighted by Gasteiger charge is 2.37. The lowest BCUT2D eigenvalue weighted by molar-refractivity contribution is 0.631. The van der Waals surface area contributed by atoms with Gasteiger partial charge in [0, 0.05) is 15.5 Å². The summed E-state index contributed by atoms with van der Waals surface area (Å²) in [6.07, 6.45) is 0. The van der Waals surface area contributed by atoms with E-state index in [1.807, 2.05) is 6.07 Å². The van der Waals surface area contributed by atoms with Crippen molar-refractivity contribution in [1.82, 2.24) is 4.98 Å². The number of para-hydroxylation sites is 1. The molecule has 0 saturated carbocycles. The summed E-state index contributed by atoms with van der Waals surface area (Å²) in [6, 6.07) is 40.6. The Kier molecular flexibility index (Phi) is 5.31. The zero-order chi connectivity index (χ0) is 24.0. The molecule has 0 unspecified atom stereocenters. The van der Waals surface area contributed by atoms with Gasteiger partial charge < -0.3 is 0 Å². The SMILES string of the molecule is CC1(C)c2ccccc2N(c2cc(-c3ccccc3)cc(-c3ccccc3)n2)c2ccc(Br)cc21. The van der Waals surface area contributed by atoms with Crippen LogP contribution < -0.4 is 4.90 Å². The van der Waals surface area contributed by atoms with Crippen molar-refractivity contribution in [3.05, 3.63) is 131 Å². The molecule has 0 amide bonds. The maximum absolute atomic E-state index is 5.23. The summed E-state index contributed by atoms with van der Waals surface area (Å²) in [7, 11) is 0. The van der Waals surface area contributed by atoms with Crippen LogP contribution in [-0.4, -0.2) is 4.98 Å². The largest absolute Gasteiger partial charge is 0.294 e. The molecule has 4 aromatic carbocycles. The number of fused-ring (bicyclic) bond motifs is 2. The summed E-state index contributed by atoms with van der Waals surface area (Å²) in [5.41, 5.74) is 9.16. The van der Waals surface area contributed by atoms with Gasteiger partial charge in [0.15, 0.2) is 0 Å². The molecule has 0 aliphatic carbocycles. The lowest BCUT2D eigenvalue weighted by Gasteiger charge is -2.41. The van der Waals surface area contributed by atoms with Crippen LogP contribution in [0.3, 0.4) is 0 Å². The van der Waals surface area contributed by atoms with Gasteiger partial charge in [0.1, 0.15) is 5.82 Å². The monoisotopic (exact) mass is 516 g/mol. The van der Waals surface area contributed by atoms with Gasteiger partial charge >= 0.3 is 0 Å². The summed E-state index contributed by atoms with van der Waals surface area (Å²) in [5, 5.41) is 0. The van der Waals surface area contributed by atoms with Crippen molar-refractivity contribution in [3.63, 3.8) is 0 Å². The van der Waals surface area contributed by atoms with Crippen molar-refractivity contribution < 1.29 is 0 Å². The van der Waals surface area contributed by atoms with E-state index in [-0.39, 0.29) is 5.41 Å². The number of aromatic nitrogens is 1. The van der Waals surface area contributed by atoms with Gasteiger partial charge in [-0.05, 0) is 58.7 Å². The van der Waals surface area contributed by atoms with Crippen LogP contribution >= 0.6 is 15.9 Å². The molecule has 170 valence electrons. The zero-order valence-corrected chi connectivity index (χ0v) is 21.3. The van der Waals surface area contributed by atoms with Gasteiger partial charge in [-0.15, -0.1) is 0 Å². The van der Waals surface area contributed by atoms with E-state index >= 15 is 0 Å². The first-order valence-electron chi connectivity index (χ1n) is 11.8. The standard InChI is InChI=1S/C32H25BrN2/c1-32(2)26-15-9-10-16-29(26)35(30-18-17-25(33)21-27(30)32)31-20-24(22-11-5-3-6-12-22)19-28(34-31)23-13-7-4-8-14-23/h3-21H,1-2H3. The van der Waals surface area contributed by atoms with Crippen LogP contribution in [0.25, 0.3) is 22.4 Å². The quantitative estimate of drug-likeness (QED) is 0.237. The van der Waals surface area contributed by atoms with E-state index in [1.54, 1.807) is 0 Å². The zero-order valence-electron chi connectivity index (χ0n) is 19.7. The third-order valence-corrected chi connectivity index (χ3v) is 7.40. The van der Waals surface area contributed by atoms with Gasteiger partial charge in [-0.2, -0.15) is 0 Å². The van der Waals surface area contributed by atoms with E-state index in [0.29, 0.717) is 0 Å². The lowest BCUT2D eigenvalue weighted by Crippen LogP contribution is -2.31. The minimum Gasteiger partial charge on any atom is -0.294 e. The first-order valence-corrected chi connectivity index (χ1v) is 12.6. The van der Waals surface area contributed by atoms with Gasteiger partial charge in [-0.1, -0.05) is 109 Å². The van der Waals surface area contributed by atoms with Crippen LogP contribution in [0.5, 0.6) is 0 Å². The number of hydrogen-bond donors (Lipinski definition) is 0. The molecule has 0 radical (unpaired) electrons. The second-order valence-electron chi connectivity index (χ2n) is 9.47. The van der Waals surface area contributed by atoms with Crippen LogP contribution in [0.2, 0.25) is 0 Å². The molecule has 5 aromatic rings. The second-order valence-corrected chi connectivity index (χ2v) is 10.4. The Bertz CT molecular complexity index is 1470. The Morgan fingerprint density at radius 1 is 0.600 bits per heavy atom. The van der Waals surface area contributed by atoms with Gasteiger partial charge in [-0.3, -0.25) is 4.90 Å². The fourth-order valence-corrected chi connectivity index (χ4v) is 5.47. The molecule has 2 heterocycles. The Morgan fingerprint density at radius 2 is 1.23 bits per heavy atom. The van der Waals surface area contributed by atoms with E-state index in [2.05, 4.69) is 144 Å². The third kappa shape index (κ3) is 3.77. The van der Waals surface area contributed by atoms with Crippen LogP contribution in [0, 0.1) is 0 Å². The molecule has 6 rings (SSSR count). The molecule has 0 saturated heterocycles. The normalized spacial score (nSPS) is 13.7. The molecule has 0 atom stereocenters. The Morgan fingerprint density at radius 3 is 1.97 bits per heavy atom. The molecule has 1 aromatic heterocycles. The van der Waals surface area contributed by atoms with E-state index in [1.165, 1.54) is 22.4 Å². The molecule has 1 aliphatic rings. The molecule has 0 bridgehead atoms. The van der Waals surface area contributed by atoms with Crippen LogP contribution in [0.15, 0.2) is 120 Å². The van der Waals surface area contributed by atoms with Crippen molar-refractivity contribution in [2.45, 2.75) is 19.3 Å². The number of hydrogen-bond acceptors (Lipinski definition) is 2. The topological polar surface area (TPSA) is 16.1 Å². The lowest BCUT2D eigenvalue weighted by atomic mass is 9.73. The third-order valence-electron chi connectivity index (χ3n) is 6.91. The molecular formula is C32H25BrN2. The van der Waals surface area contributed by atoms with Crippen molar-refractivity contribution in [2.75, 3.05) is 4.90 Å². The first kappa shape index (κ1) is 21.8. The van der Waals surface area contributed by atoms with E-state index in [4.69, 9.17) is 4.98 Å². The molecule has 1 aliphatic heterocycles. The maximum atomic E-state index is 5.23. The highest BCUT2D eigenvalue weighted by molar-refractivity contribution is 9.10. The minimum absolute atomic E-state index is 0.133. The van der Waals surface area contributed by atoms with Crippen molar-refractivity contribution in [2.24, 2.45) is 0 Å². The number of benzene rings is 4. The number of anilines is 3. The highest BCUT2D eigenvalue weighted by atomic mass is 79.9. The Hall–Kier alpha value is -3.69. The van der Waals surface area contributed by atoms with Crippen LogP contribution in [-0.2, 0) is 5.41 Å². The Labute approximate surface area is 215 Å². The Balaban J connectivity index is 1.64. The van der Waals surface area contributed by atoms with E-state index < -0.39 is 0 Å². The molecular weight excluding hydrogens is 492 g/mol. The minimum atomic E-state index is -0.133. The van der Waals surface area contributed by atoms with Crippen LogP contribution in [0.1, 0.15) is 25.0 Å². The van der Waals surface area contributed by atoms with Gasteiger partial charge in [0.25, 0.3) is 0 Å². The predicted octanol–water partition coefficient (Wildman–Crippen LogP) is 9.29. The number of nitrogens with zero attached hydrogens (tertiary/aromatic N) is 2. The fourth-order valence-electron chi connectivity index (χ4n) is 5.11. The number of halogens is 1. The molecule has 0 spiro atoms. The van der Waals surface area contributed by atoms with Crippen molar-refractivity contribution in [1.29, 1.82) is 0 Å². The summed E-state index contributed by atoms with van der Waals surface area (Å²) in [6.45, 7) is 4.61. The number of rotatable bonds is 3. The highest BCUT2D eigenvalue weighted by Crippen LogP contribution is 2.52. The molecule has 3 heteroatoms. The van der Waals surface area contributed by atoms with E-state index in [0.717, 1.165) is 32.8 Å². The summed E-state index contributed by atoms with van der Waals surface area (Å²) >= 11 is 3.71. The number of pyridine rings is 1. The first-order chi connectivity index (χ1) is 17.0. The van der Waals surface area contributed by atoms with Gasteiger partial charge in [0.05, 0.1) is 17.1 Å². The maximum Gasteiger partial charge on any atom is 0.138 e. The van der Waals surface area contributed by atoms with Crippen molar-refractivity contribution in [3.8, 4) is 22.4 Å². The summed E-state index contributed by atoms with van der Waals surface area (Å²) < 4.78 is 1.08. The van der Waals surface area contributed by atoms with Gasteiger partial charge in [-0.25, -0.2) is 4.98 Å². The summed E-state index contributed by atoms with van der Waals surface area (Å²) in [5.74, 6) is 0.914. The van der Waals surface area contributed by atoms with Crippen LogP contribution in [0.4, 0.5) is 17.2 Å². The average molecular weight is 517 g/mol. The summed E-state index contributed by atoms with van der Waals surface area (Å²) in [4.78, 5) is 7.56. The fraction of sp³-hybridized carbons (Fsp3) is 0.0938. The van der Waals surface area contributed by atoms with Gasteiger partial charge in [0.2, 0.25) is 0 Å². The molecule has 35 heavy (non-hydrogen) atoms. The predicted molar refractivity (Wildman–Crippen MR) is 150 cm³/mol. The smallest absolute Gasteiger partial charge is 0.138 e. The molecule has 0 N–H and O–H groups in total. The molecule has 2 nitrogen and oxygen atoms in total.